The molecule has 8 heteroatoms. The molecule has 2 aliphatic heterocycles. The van der Waals surface area contributed by atoms with E-state index < -0.39 is 11.2 Å². The summed E-state index contributed by atoms with van der Waals surface area (Å²) in [6.07, 6.45) is 2.82. The van der Waals surface area contributed by atoms with E-state index in [1.807, 2.05) is 17.9 Å². The van der Waals surface area contributed by atoms with Crippen molar-refractivity contribution in [2.45, 2.75) is 44.0 Å². The molecular weight excluding hydrogens is 427 g/mol. The van der Waals surface area contributed by atoms with Crippen molar-refractivity contribution in [1.82, 2.24) is 9.88 Å². The SMILES string of the molecule is CC(c1ccc(F)cc1)[S+]([O-])CCC(=O)N1CC2C[C@H](C)C(C1)N2c1ccc(C#N)cn1. The first-order valence-electron chi connectivity index (χ1n) is 10.9. The quantitative estimate of drug-likeness (QED) is 0.625. The third-order valence-electron chi connectivity index (χ3n) is 6.64. The molecule has 2 bridgehead atoms. The van der Waals surface area contributed by atoms with Crippen LogP contribution in [0.1, 0.15) is 43.1 Å². The number of pyridine rings is 1. The second-order valence-electron chi connectivity index (χ2n) is 8.69. The molecule has 0 spiro atoms. The van der Waals surface area contributed by atoms with Gasteiger partial charge in [0.15, 0.2) is 0 Å². The molecule has 1 aromatic heterocycles. The van der Waals surface area contributed by atoms with E-state index in [9.17, 15) is 13.7 Å². The van der Waals surface area contributed by atoms with Gasteiger partial charge in [-0.15, -0.1) is 0 Å². The van der Waals surface area contributed by atoms with Gasteiger partial charge >= 0.3 is 0 Å². The van der Waals surface area contributed by atoms with Crippen LogP contribution in [-0.2, 0) is 16.0 Å². The highest BCUT2D eigenvalue weighted by molar-refractivity contribution is 7.91. The minimum absolute atomic E-state index is 0.0289. The first-order valence-corrected chi connectivity index (χ1v) is 12.3. The lowest BCUT2D eigenvalue weighted by Crippen LogP contribution is -2.56. The molecule has 0 saturated carbocycles. The van der Waals surface area contributed by atoms with E-state index in [1.165, 1.54) is 12.1 Å². The summed E-state index contributed by atoms with van der Waals surface area (Å²) in [4.78, 5) is 21.6. The third-order valence-corrected chi connectivity index (χ3v) is 8.30. The molecule has 0 radical (unpaired) electrons. The number of rotatable bonds is 6. The number of amides is 1. The Morgan fingerprint density at radius 1 is 1.31 bits per heavy atom. The average Bonchev–Trinajstić information content (AvgIpc) is 3.01. The smallest absolute Gasteiger partial charge is 0.227 e. The minimum atomic E-state index is -1.21. The number of aromatic nitrogens is 1. The number of halogens is 1. The Hall–Kier alpha value is -2.63. The number of carbonyl (C=O) groups is 1. The van der Waals surface area contributed by atoms with Gasteiger partial charge in [0.05, 0.1) is 18.0 Å². The van der Waals surface area contributed by atoms with Crippen molar-refractivity contribution in [2.24, 2.45) is 5.92 Å². The number of piperazine rings is 1. The van der Waals surface area contributed by atoms with Gasteiger partial charge in [-0.1, -0.05) is 19.1 Å². The Morgan fingerprint density at radius 3 is 2.69 bits per heavy atom. The molecule has 2 aliphatic rings. The lowest BCUT2D eigenvalue weighted by atomic mass is 10.0. The summed E-state index contributed by atoms with van der Waals surface area (Å²) >= 11 is -1.21. The molecule has 4 unspecified atom stereocenters. The van der Waals surface area contributed by atoms with Gasteiger partial charge in [-0.2, -0.15) is 5.26 Å². The summed E-state index contributed by atoms with van der Waals surface area (Å²) in [7, 11) is 0. The van der Waals surface area contributed by atoms with Crippen molar-refractivity contribution in [2.75, 3.05) is 23.7 Å². The monoisotopic (exact) mass is 454 g/mol. The number of nitriles is 1. The molecule has 0 N–H and O–H groups in total. The van der Waals surface area contributed by atoms with Crippen molar-refractivity contribution in [3.8, 4) is 6.07 Å². The molecule has 2 saturated heterocycles. The van der Waals surface area contributed by atoms with Crippen LogP contribution in [-0.4, -0.2) is 51.3 Å². The van der Waals surface area contributed by atoms with Gasteiger partial charge in [-0.25, -0.2) is 9.37 Å². The van der Waals surface area contributed by atoms with E-state index in [0.29, 0.717) is 30.3 Å². The number of hydrogen-bond acceptors (Lipinski definition) is 5. The Bertz CT molecular complexity index is 995. The first kappa shape index (κ1) is 22.6. The lowest BCUT2D eigenvalue weighted by molar-refractivity contribution is -0.131. The summed E-state index contributed by atoms with van der Waals surface area (Å²) in [5, 5.41) is 8.76. The van der Waals surface area contributed by atoms with Gasteiger partial charge in [0.25, 0.3) is 0 Å². The Kier molecular flexibility index (Phi) is 6.68. The highest BCUT2D eigenvalue weighted by Gasteiger charge is 2.46. The van der Waals surface area contributed by atoms with Crippen LogP contribution in [0.3, 0.4) is 0 Å². The van der Waals surface area contributed by atoms with Gasteiger partial charge < -0.3 is 14.4 Å². The highest BCUT2D eigenvalue weighted by Crippen LogP contribution is 2.37. The minimum Gasteiger partial charge on any atom is -0.616 e. The molecular formula is C24H27FN4O2S. The zero-order valence-corrected chi connectivity index (χ0v) is 19.1. The van der Waals surface area contributed by atoms with Gasteiger partial charge in [-0.3, -0.25) is 4.79 Å². The second-order valence-corrected chi connectivity index (χ2v) is 10.6. The standard InChI is InChI=1S/C24H27FN4O2S/c1-16-11-21-14-28(15-22(16)29(21)23-8-3-18(12-26)13-27-23)24(30)9-10-32(31)17(2)19-4-6-20(25)7-5-19/h3-8,13,16-17,21-22H,9-11,14-15H2,1-2H3/t16-,17?,21?,22?,32?/m0/s1. The van der Waals surface area contributed by atoms with Crippen molar-refractivity contribution in [1.29, 1.82) is 5.26 Å². The molecule has 4 rings (SSSR count). The number of likely N-dealkylation sites (tertiary alicyclic amines) is 1. The molecule has 2 aromatic rings. The molecule has 2 fully saturated rings. The molecule has 3 heterocycles. The molecule has 0 aliphatic carbocycles. The number of benzene rings is 1. The highest BCUT2D eigenvalue weighted by atomic mass is 32.2. The first-order chi connectivity index (χ1) is 15.4. The van der Waals surface area contributed by atoms with Crippen molar-refractivity contribution in [3.63, 3.8) is 0 Å². The lowest BCUT2D eigenvalue weighted by Gasteiger charge is -2.42. The number of nitrogens with zero attached hydrogens (tertiary/aromatic N) is 4. The van der Waals surface area contributed by atoms with Crippen LogP contribution in [0.4, 0.5) is 10.2 Å². The van der Waals surface area contributed by atoms with E-state index in [0.717, 1.165) is 17.8 Å². The van der Waals surface area contributed by atoms with Gasteiger partial charge in [0.1, 0.15) is 28.7 Å². The number of carbonyl (C=O) groups excluding carboxylic acids is 1. The fourth-order valence-corrected chi connectivity index (χ4v) is 5.99. The summed E-state index contributed by atoms with van der Waals surface area (Å²) in [5.41, 5.74) is 1.35. The Balaban J connectivity index is 1.35. The van der Waals surface area contributed by atoms with Gasteiger partial charge in [0, 0.05) is 30.9 Å². The maximum atomic E-state index is 13.1. The zero-order chi connectivity index (χ0) is 22.8. The van der Waals surface area contributed by atoms with Crippen molar-refractivity contribution >= 4 is 22.9 Å². The second kappa shape index (κ2) is 9.47. The van der Waals surface area contributed by atoms with Gasteiger partial charge in [0.2, 0.25) is 5.91 Å². The maximum absolute atomic E-state index is 13.1. The van der Waals surface area contributed by atoms with Crippen LogP contribution in [0, 0.1) is 23.1 Å². The Labute approximate surface area is 191 Å². The summed E-state index contributed by atoms with van der Waals surface area (Å²) in [6.45, 7) is 5.30. The van der Waals surface area contributed by atoms with Crippen molar-refractivity contribution in [3.05, 3.63) is 59.5 Å². The molecule has 1 aromatic carbocycles. The summed E-state index contributed by atoms with van der Waals surface area (Å²) < 4.78 is 25.8. The largest absolute Gasteiger partial charge is 0.616 e. The fourth-order valence-electron chi connectivity index (χ4n) is 4.80. The van der Waals surface area contributed by atoms with Crippen LogP contribution in [0.5, 0.6) is 0 Å². The molecule has 168 valence electrons. The number of anilines is 1. The van der Waals surface area contributed by atoms with E-state index in [-0.39, 0.29) is 35.5 Å². The maximum Gasteiger partial charge on any atom is 0.227 e. The summed E-state index contributed by atoms with van der Waals surface area (Å²) in [5.74, 6) is 1.29. The van der Waals surface area contributed by atoms with E-state index in [1.54, 1.807) is 24.4 Å². The topological polar surface area (TPSA) is 83.3 Å². The van der Waals surface area contributed by atoms with Crippen LogP contribution in [0.2, 0.25) is 0 Å². The van der Waals surface area contributed by atoms with Crippen LogP contribution in [0.25, 0.3) is 0 Å². The zero-order valence-electron chi connectivity index (χ0n) is 18.3. The van der Waals surface area contributed by atoms with Crippen LogP contribution < -0.4 is 4.90 Å². The summed E-state index contributed by atoms with van der Waals surface area (Å²) in [6, 6.07) is 12.2. The van der Waals surface area contributed by atoms with E-state index in [2.05, 4.69) is 22.9 Å². The molecule has 1 amide bonds. The van der Waals surface area contributed by atoms with E-state index >= 15 is 0 Å². The number of hydrogen-bond donors (Lipinski definition) is 0. The van der Waals surface area contributed by atoms with Crippen LogP contribution in [0.15, 0.2) is 42.6 Å². The normalized spacial score (nSPS) is 24.2. The Morgan fingerprint density at radius 2 is 2.06 bits per heavy atom. The predicted octanol–water partition coefficient (Wildman–Crippen LogP) is 3.42. The molecule has 6 nitrogen and oxygen atoms in total. The number of fused-ring (bicyclic) bond motifs is 2. The predicted molar refractivity (Wildman–Crippen MR) is 122 cm³/mol. The molecule has 32 heavy (non-hydrogen) atoms. The van der Waals surface area contributed by atoms with Crippen LogP contribution >= 0.6 is 0 Å². The fraction of sp³-hybridized carbons (Fsp3) is 0.458. The van der Waals surface area contributed by atoms with Gasteiger partial charge in [-0.05, 0) is 54.7 Å². The molecule has 5 atom stereocenters. The van der Waals surface area contributed by atoms with E-state index in [4.69, 9.17) is 5.26 Å². The average molecular weight is 455 g/mol. The van der Waals surface area contributed by atoms with Crippen molar-refractivity contribution < 1.29 is 13.7 Å². The third kappa shape index (κ3) is 4.59.